The summed E-state index contributed by atoms with van der Waals surface area (Å²) in [6.45, 7) is 9.79. The van der Waals surface area contributed by atoms with E-state index in [4.69, 9.17) is 9.15 Å². The highest BCUT2D eigenvalue weighted by molar-refractivity contribution is 7.99. The number of amides is 1. The lowest BCUT2D eigenvalue weighted by Crippen LogP contribution is -2.50. The molecule has 1 aliphatic rings. The lowest BCUT2D eigenvalue weighted by Gasteiger charge is -2.35. The highest BCUT2D eigenvalue weighted by Gasteiger charge is 2.25. The maximum Gasteiger partial charge on any atom is 0.410 e. The summed E-state index contributed by atoms with van der Waals surface area (Å²) in [5.41, 5.74) is 1.29. The zero-order valence-corrected chi connectivity index (χ0v) is 15.8. The van der Waals surface area contributed by atoms with E-state index in [1.54, 1.807) is 16.7 Å². The van der Waals surface area contributed by atoms with Crippen LogP contribution >= 0.6 is 11.8 Å². The summed E-state index contributed by atoms with van der Waals surface area (Å²) in [6.07, 6.45) is -0.215. The van der Waals surface area contributed by atoms with Crippen molar-refractivity contribution in [3.63, 3.8) is 0 Å². The minimum Gasteiger partial charge on any atom is -0.444 e. The summed E-state index contributed by atoms with van der Waals surface area (Å²) in [4.78, 5) is 20.7. The minimum atomic E-state index is -0.440. The van der Waals surface area contributed by atoms with Gasteiger partial charge in [0.2, 0.25) is 0 Å². The van der Waals surface area contributed by atoms with E-state index in [9.17, 15) is 4.79 Å². The molecule has 0 aliphatic carbocycles. The Kier molecular flexibility index (Phi) is 5.54. The maximum atomic E-state index is 12.1. The number of oxazole rings is 1. The van der Waals surface area contributed by atoms with Crippen LogP contribution in [-0.4, -0.2) is 65.0 Å². The average molecular weight is 363 g/mol. The van der Waals surface area contributed by atoms with Crippen molar-refractivity contribution in [1.29, 1.82) is 0 Å². The predicted octanol–water partition coefficient (Wildman–Crippen LogP) is 3.47. The summed E-state index contributed by atoms with van der Waals surface area (Å²) < 4.78 is 11.1. The van der Waals surface area contributed by atoms with Gasteiger partial charge in [0.05, 0.1) is 0 Å². The van der Waals surface area contributed by atoms with Crippen LogP contribution in [0.25, 0.3) is 11.1 Å². The van der Waals surface area contributed by atoms with E-state index in [1.807, 2.05) is 45.0 Å². The van der Waals surface area contributed by atoms with Gasteiger partial charge < -0.3 is 14.1 Å². The average Bonchev–Trinajstić information content (AvgIpc) is 2.96. The first kappa shape index (κ1) is 18.1. The molecule has 6 nitrogen and oxygen atoms in total. The van der Waals surface area contributed by atoms with E-state index in [1.165, 1.54) is 0 Å². The van der Waals surface area contributed by atoms with Crippen LogP contribution in [0.1, 0.15) is 20.8 Å². The third-order valence-electron chi connectivity index (χ3n) is 3.93. The number of nitrogens with zero attached hydrogens (tertiary/aromatic N) is 3. The summed E-state index contributed by atoms with van der Waals surface area (Å²) in [5.74, 6) is 0.916. The number of thioether (sulfide) groups is 1. The highest BCUT2D eigenvalue weighted by atomic mass is 32.2. The Morgan fingerprint density at radius 3 is 2.64 bits per heavy atom. The number of ether oxygens (including phenoxy) is 1. The molecule has 1 aromatic heterocycles. The van der Waals surface area contributed by atoms with Gasteiger partial charge in [-0.3, -0.25) is 4.90 Å². The van der Waals surface area contributed by atoms with Crippen molar-refractivity contribution < 1.29 is 13.9 Å². The van der Waals surface area contributed by atoms with Gasteiger partial charge in [-0.05, 0) is 32.9 Å². The standard InChI is InChI=1S/C18H25N3O3S/c1-18(2,3)24-17(22)21-10-8-20(9-11-21)12-13-25-16-19-14-6-4-5-7-15(14)23-16/h4-7H,8-13H2,1-3H3. The van der Waals surface area contributed by atoms with E-state index in [0.29, 0.717) is 18.3 Å². The second-order valence-corrected chi connectivity index (χ2v) is 8.15. The molecule has 7 heteroatoms. The molecule has 1 aliphatic heterocycles. The molecule has 136 valence electrons. The predicted molar refractivity (Wildman–Crippen MR) is 99.0 cm³/mol. The number of para-hydroxylation sites is 2. The van der Waals surface area contributed by atoms with Gasteiger partial charge in [0.25, 0.3) is 5.22 Å². The van der Waals surface area contributed by atoms with Gasteiger partial charge in [0.15, 0.2) is 5.58 Å². The fourth-order valence-corrected chi connectivity index (χ4v) is 3.49. The van der Waals surface area contributed by atoms with Crippen molar-refractivity contribution in [3.05, 3.63) is 24.3 Å². The van der Waals surface area contributed by atoms with Gasteiger partial charge in [-0.15, -0.1) is 0 Å². The molecule has 1 saturated heterocycles. The Labute approximate surface area is 152 Å². The Bertz CT molecular complexity index is 685. The maximum absolute atomic E-state index is 12.1. The first-order valence-corrected chi connectivity index (χ1v) is 9.58. The number of rotatable bonds is 4. The number of hydrogen-bond donors (Lipinski definition) is 0. The molecule has 3 rings (SSSR count). The first-order valence-electron chi connectivity index (χ1n) is 8.59. The zero-order valence-electron chi connectivity index (χ0n) is 15.0. The molecule has 1 aromatic carbocycles. The number of piperazine rings is 1. The third kappa shape index (κ3) is 5.12. The largest absolute Gasteiger partial charge is 0.444 e. The number of carbonyl (C=O) groups is 1. The Hall–Kier alpha value is -1.73. The normalized spacial score (nSPS) is 16.4. The molecular formula is C18H25N3O3S. The second-order valence-electron chi connectivity index (χ2n) is 7.10. The first-order chi connectivity index (χ1) is 11.9. The van der Waals surface area contributed by atoms with Crippen LogP contribution in [0.4, 0.5) is 4.79 Å². The van der Waals surface area contributed by atoms with Gasteiger partial charge >= 0.3 is 6.09 Å². The molecule has 0 saturated carbocycles. The van der Waals surface area contributed by atoms with Crippen LogP contribution in [0.2, 0.25) is 0 Å². The van der Waals surface area contributed by atoms with Crippen molar-refractivity contribution >= 4 is 29.0 Å². The second kappa shape index (κ2) is 7.66. The lowest BCUT2D eigenvalue weighted by atomic mass is 10.2. The van der Waals surface area contributed by atoms with Crippen LogP contribution in [0, 0.1) is 0 Å². The molecule has 2 aromatic rings. The molecule has 1 fully saturated rings. The van der Waals surface area contributed by atoms with Gasteiger partial charge in [-0.25, -0.2) is 9.78 Å². The number of fused-ring (bicyclic) bond motifs is 1. The Morgan fingerprint density at radius 1 is 1.24 bits per heavy atom. The van der Waals surface area contributed by atoms with Crippen molar-refractivity contribution in [3.8, 4) is 0 Å². The number of carbonyl (C=O) groups excluding carboxylic acids is 1. The SMILES string of the molecule is CC(C)(C)OC(=O)N1CCN(CCSc2nc3ccccc3o2)CC1. The highest BCUT2D eigenvalue weighted by Crippen LogP contribution is 2.23. The van der Waals surface area contributed by atoms with E-state index >= 15 is 0 Å². The zero-order chi connectivity index (χ0) is 17.9. The summed E-state index contributed by atoms with van der Waals surface area (Å²) >= 11 is 1.63. The number of aromatic nitrogens is 1. The number of hydrogen-bond acceptors (Lipinski definition) is 6. The van der Waals surface area contributed by atoms with Gasteiger partial charge in [0.1, 0.15) is 11.1 Å². The van der Waals surface area contributed by atoms with Gasteiger partial charge in [-0.2, -0.15) is 0 Å². The summed E-state index contributed by atoms with van der Waals surface area (Å²) in [6, 6.07) is 7.80. The summed E-state index contributed by atoms with van der Waals surface area (Å²) in [7, 11) is 0. The molecule has 0 bridgehead atoms. The van der Waals surface area contributed by atoms with Crippen LogP contribution in [-0.2, 0) is 4.74 Å². The van der Waals surface area contributed by atoms with Crippen molar-refractivity contribution in [2.75, 3.05) is 38.5 Å². The monoisotopic (exact) mass is 363 g/mol. The van der Waals surface area contributed by atoms with Crippen molar-refractivity contribution in [1.82, 2.24) is 14.8 Å². The van der Waals surface area contributed by atoms with E-state index in [-0.39, 0.29) is 6.09 Å². The quantitative estimate of drug-likeness (QED) is 0.775. The Morgan fingerprint density at radius 2 is 1.96 bits per heavy atom. The van der Waals surface area contributed by atoms with Crippen LogP contribution in [0.3, 0.4) is 0 Å². The van der Waals surface area contributed by atoms with E-state index < -0.39 is 5.60 Å². The molecule has 2 heterocycles. The van der Waals surface area contributed by atoms with Crippen LogP contribution < -0.4 is 0 Å². The third-order valence-corrected chi connectivity index (χ3v) is 4.74. The van der Waals surface area contributed by atoms with Crippen LogP contribution in [0.15, 0.2) is 33.9 Å². The fraction of sp³-hybridized carbons (Fsp3) is 0.556. The molecule has 0 spiro atoms. The molecule has 0 atom stereocenters. The van der Waals surface area contributed by atoms with Gasteiger partial charge in [0, 0.05) is 38.5 Å². The Balaban J connectivity index is 1.40. The molecule has 0 radical (unpaired) electrons. The number of benzene rings is 1. The molecule has 1 amide bonds. The van der Waals surface area contributed by atoms with Gasteiger partial charge in [-0.1, -0.05) is 23.9 Å². The topological polar surface area (TPSA) is 58.8 Å². The van der Waals surface area contributed by atoms with E-state index in [2.05, 4.69) is 9.88 Å². The van der Waals surface area contributed by atoms with Crippen LogP contribution in [0.5, 0.6) is 0 Å². The molecule has 0 unspecified atom stereocenters. The lowest BCUT2D eigenvalue weighted by molar-refractivity contribution is 0.0150. The van der Waals surface area contributed by atoms with E-state index in [0.717, 1.165) is 36.5 Å². The molecule has 25 heavy (non-hydrogen) atoms. The smallest absolute Gasteiger partial charge is 0.410 e. The summed E-state index contributed by atoms with van der Waals surface area (Å²) in [5, 5.41) is 0.716. The van der Waals surface area contributed by atoms with Crippen molar-refractivity contribution in [2.45, 2.75) is 31.6 Å². The van der Waals surface area contributed by atoms with Crippen molar-refractivity contribution in [2.24, 2.45) is 0 Å². The fourth-order valence-electron chi connectivity index (χ4n) is 2.66. The minimum absolute atomic E-state index is 0.215. The molecular weight excluding hydrogens is 338 g/mol. The molecule has 0 N–H and O–H groups in total.